The van der Waals surface area contributed by atoms with E-state index in [1.54, 1.807) is 28.6 Å². The number of aromatic nitrogens is 5. The second kappa shape index (κ2) is 6.96. The first-order chi connectivity index (χ1) is 12.6. The molecule has 1 N–H and O–H groups in total. The molecule has 26 heavy (non-hydrogen) atoms. The summed E-state index contributed by atoms with van der Waals surface area (Å²) in [6.45, 7) is 1.51. The number of hydrogen-bond donors (Lipinski definition) is 1. The molecule has 3 heterocycles. The molecule has 3 aromatic rings. The molecule has 1 fully saturated rings. The number of hydrogen-bond acceptors (Lipinski definition) is 7. The van der Waals surface area contributed by atoms with E-state index >= 15 is 0 Å². The van der Waals surface area contributed by atoms with Gasteiger partial charge in [0, 0.05) is 19.6 Å². The molecule has 1 aromatic carbocycles. The maximum atomic E-state index is 13.0. The maximum absolute atomic E-state index is 13.0. The SMILES string of the molecule is O=S(=O)(c1ccccc1CNc1ccc2nnnn2n1)N1CCCCC1. The van der Waals surface area contributed by atoms with Crippen molar-refractivity contribution in [2.75, 3.05) is 18.4 Å². The molecule has 10 heteroatoms. The average Bonchev–Trinajstić information content (AvgIpc) is 3.15. The zero-order valence-corrected chi connectivity index (χ0v) is 14.9. The molecule has 4 rings (SSSR count). The minimum atomic E-state index is -3.49. The molecule has 1 saturated heterocycles. The summed E-state index contributed by atoms with van der Waals surface area (Å²) >= 11 is 0. The number of fused-ring (bicyclic) bond motifs is 1. The summed E-state index contributed by atoms with van der Waals surface area (Å²) < 4.78 is 28.9. The molecule has 0 aliphatic carbocycles. The summed E-state index contributed by atoms with van der Waals surface area (Å²) in [6.07, 6.45) is 2.91. The minimum Gasteiger partial charge on any atom is -0.364 e. The highest BCUT2D eigenvalue weighted by Crippen LogP contribution is 2.24. The van der Waals surface area contributed by atoms with Gasteiger partial charge in [-0.05, 0) is 47.0 Å². The van der Waals surface area contributed by atoms with Gasteiger partial charge in [-0.1, -0.05) is 24.6 Å². The summed E-state index contributed by atoms with van der Waals surface area (Å²) in [6, 6.07) is 10.6. The molecule has 0 spiro atoms. The molecule has 0 radical (unpaired) electrons. The average molecular weight is 373 g/mol. The van der Waals surface area contributed by atoms with Crippen LogP contribution in [0.4, 0.5) is 5.82 Å². The second-order valence-corrected chi connectivity index (χ2v) is 8.08. The van der Waals surface area contributed by atoms with Gasteiger partial charge in [-0.25, -0.2) is 8.42 Å². The first-order valence-electron chi connectivity index (χ1n) is 8.52. The van der Waals surface area contributed by atoms with E-state index < -0.39 is 10.0 Å². The summed E-state index contributed by atoms with van der Waals surface area (Å²) in [5.74, 6) is 0.565. The zero-order valence-electron chi connectivity index (χ0n) is 14.1. The van der Waals surface area contributed by atoms with Crippen LogP contribution in [0, 0.1) is 0 Å². The molecular formula is C16H19N7O2S. The largest absolute Gasteiger partial charge is 0.364 e. The van der Waals surface area contributed by atoms with E-state index in [9.17, 15) is 8.42 Å². The Morgan fingerprint density at radius 2 is 1.85 bits per heavy atom. The van der Waals surface area contributed by atoms with E-state index in [0.717, 1.165) is 19.3 Å². The molecule has 2 aromatic heterocycles. The van der Waals surface area contributed by atoms with E-state index in [0.29, 0.717) is 41.6 Å². The third-order valence-electron chi connectivity index (χ3n) is 4.43. The third-order valence-corrected chi connectivity index (χ3v) is 6.43. The second-order valence-electron chi connectivity index (χ2n) is 6.17. The Hall–Kier alpha value is -2.59. The van der Waals surface area contributed by atoms with Crippen molar-refractivity contribution in [1.82, 2.24) is 29.6 Å². The van der Waals surface area contributed by atoms with Crippen LogP contribution in [0.3, 0.4) is 0 Å². The van der Waals surface area contributed by atoms with Crippen molar-refractivity contribution >= 4 is 21.5 Å². The van der Waals surface area contributed by atoms with Gasteiger partial charge in [-0.15, -0.1) is 14.8 Å². The fourth-order valence-electron chi connectivity index (χ4n) is 3.08. The fraction of sp³-hybridized carbons (Fsp3) is 0.375. The van der Waals surface area contributed by atoms with Crippen LogP contribution in [0.25, 0.3) is 5.65 Å². The highest BCUT2D eigenvalue weighted by atomic mass is 32.2. The standard InChI is InChI=1S/C16H19N7O2S/c24-26(25,22-10-4-1-5-11-22)14-7-3-2-6-13(14)12-17-15-8-9-16-18-20-21-23(16)19-15/h2-3,6-9H,1,4-5,10-12H2,(H,17,19). The van der Waals surface area contributed by atoms with Crippen LogP contribution in [-0.2, 0) is 16.6 Å². The number of sulfonamides is 1. The Morgan fingerprint density at radius 3 is 2.69 bits per heavy atom. The number of tetrazole rings is 1. The number of benzene rings is 1. The number of piperidine rings is 1. The minimum absolute atomic E-state index is 0.337. The topological polar surface area (TPSA) is 105 Å². The molecule has 0 amide bonds. The van der Waals surface area contributed by atoms with E-state index in [4.69, 9.17) is 0 Å². The van der Waals surface area contributed by atoms with E-state index in [-0.39, 0.29) is 0 Å². The predicted molar refractivity (Wildman–Crippen MR) is 95.0 cm³/mol. The first kappa shape index (κ1) is 16.9. The molecule has 9 nitrogen and oxygen atoms in total. The lowest BCUT2D eigenvalue weighted by Gasteiger charge is -2.26. The Morgan fingerprint density at radius 1 is 1.04 bits per heavy atom. The van der Waals surface area contributed by atoms with Crippen LogP contribution in [-0.4, -0.2) is 51.1 Å². The maximum Gasteiger partial charge on any atom is 0.243 e. The lowest BCUT2D eigenvalue weighted by molar-refractivity contribution is 0.346. The van der Waals surface area contributed by atoms with E-state index in [1.807, 2.05) is 12.1 Å². The first-order valence-corrected chi connectivity index (χ1v) is 9.96. The van der Waals surface area contributed by atoms with Gasteiger partial charge in [0.15, 0.2) is 5.65 Å². The summed E-state index contributed by atoms with van der Waals surface area (Å²) in [5, 5.41) is 18.5. The molecule has 0 bridgehead atoms. The van der Waals surface area contributed by atoms with Crippen LogP contribution in [0.2, 0.25) is 0 Å². The lowest BCUT2D eigenvalue weighted by Crippen LogP contribution is -2.36. The van der Waals surface area contributed by atoms with E-state index in [1.165, 1.54) is 4.63 Å². The summed E-state index contributed by atoms with van der Waals surface area (Å²) in [7, 11) is -3.49. The number of nitrogens with zero attached hydrogens (tertiary/aromatic N) is 6. The normalized spacial score (nSPS) is 16.0. The Balaban J connectivity index is 1.57. The predicted octanol–water partition coefficient (Wildman–Crippen LogP) is 1.31. The van der Waals surface area contributed by atoms with E-state index in [2.05, 4.69) is 25.9 Å². The summed E-state index contributed by atoms with van der Waals surface area (Å²) in [5.41, 5.74) is 1.25. The Bertz CT molecular complexity index is 1010. The van der Waals surface area contributed by atoms with Crippen LogP contribution in [0.5, 0.6) is 0 Å². The Kier molecular flexibility index (Phi) is 4.51. The molecule has 136 valence electrons. The van der Waals surface area contributed by atoms with Crippen LogP contribution in [0.15, 0.2) is 41.3 Å². The number of anilines is 1. The van der Waals surface area contributed by atoms with Gasteiger partial charge < -0.3 is 5.32 Å². The van der Waals surface area contributed by atoms with Crippen molar-refractivity contribution in [3.63, 3.8) is 0 Å². The van der Waals surface area contributed by atoms with Crippen molar-refractivity contribution in [2.45, 2.75) is 30.7 Å². The van der Waals surface area contributed by atoms with Gasteiger partial charge in [-0.2, -0.15) is 4.31 Å². The quantitative estimate of drug-likeness (QED) is 0.719. The molecule has 0 atom stereocenters. The van der Waals surface area contributed by atoms with Crippen LogP contribution >= 0.6 is 0 Å². The molecule has 1 aliphatic rings. The van der Waals surface area contributed by atoms with Crippen molar-refractivity contribution in [3.8, 4) is 0 Å². The molecule has 1 aliphatic heterocycles. The monoisotopic (exact) mass is 373 g/mol. The van der Waals surface area contributed by atoms with Crippen molar-refractivity contribution in [2.24, 2.45) is 0 Å². The van der Waals surface area contributed by atoms with Crippen molar-refractivity contribution in [1.29, 1.82) is 0 Å². The van der Waals surface area contributed by atoms with Crippen molar-refractivity contribution in [3.05, 3.63) is 42.0 Å². The Labute approximate surface area is 151 Å². The zero-order chi connectivity index (χ0) is 18.0. The van der Waals surface area contributed by atoms with Gasteiger partial charge in [0.05, 0.1) is 4.90 Å². The highest BCUT2D eigenvalue weighted by molar-refractivity contribution is 7.89. The number of rotatable bonds is 5. The molecule has 0 saturated carbocycles. The van der Waals surface area contributed by atoms with Crippen LogP contribution in [0.1, 0.15) is 24.8 Å². The van der Waals surface area contributed by atoms with Gasteiger partial charge in [0.2, 0.25) is 10.0 Å². The fourth-order valence-corrected chi connectivity index (χ4v) is 4.81. The van der Waals surface area contributed by atoms with Gasteiger partial charge in [-0.3, -0.25) is 0 Å². The summed E-state index contributed by atoms with van der Waals surface area (Å²) in [4.78, 5) is 0.345. The molecular weight excluding hydrogens is 354 g/mol. The molecule has 0 unspecified atom stereocenters. The highest BCUT2D eigenvalue weighted by Gasteiger charge is 2.27. The van der Waals surface area contributed by atoms with Gasteiger partial charge >= 0.3 is 0 Å². The van der Waals surface area contributed by atoms with Gasteiger partial charge in [0.25, 0.3) is 0 Å². The van der Waals surface area contributed by atoms with Gasteiger partial charge in [0.1, 0.15) is 5.82 Å². The smallest absolute Gasteiger partial charge is 0.243 e. The number of nitrogens with one attached hydrogen (secondary N) is 1. The van der Waals surface area contributed by atoms with Crippen molar-refractivity contribution < 1.29 is 8.42 Å². The third kappa shape index (κ3) is 3.25. The van der Waals surface area contributed by atoms with Crippen LogP contribution < -0.4 is 5.32 Å². The lowest BCUT2D eigenvalue weighted by atomic mass is 10.2.